The predicted molar refractivity (Wildman–Crippen MR) is 61.4 cm³/mol. The first-order valence-corrected chi connectivity index (χ1v) is 5.15. The minimum atomic E-state index is -0.102. The van der Waals surface area contributed by atoms with Crippen molar-refractivity contribution in [1.29, 1.82) is 0 Å². The second-order valence-corrected chi connectivity index (χ2v) is 3.83. The second-order valence-electron chi connectivity index (χ2n) is 3.83. The van der Waals surface area contributed by atoms with Gasteiger partial charge in [0, 0.05) is 6.04 Å². The molecule has 3 heteroatoms. The number of ether oxygens (including phenoxy) is 2. The van der Waals surface area contributed by atoms with Crippen LogP contribution < -0.4 is 15.2 Å². The molecule has 0 spiro atoms. The van der Waals surface area contributed by atoms with Crippen LogP contribution in [0.5, 0.6) is 11.5 Å². The lowest BCUT2D eigenvalue weighted by atomic mass is 10.1. The van der Waals surface area contributed by atoms with Crippen LogP contribution in [0.4, 0.5) is 0 Å². The summed E-state index contributed by atoms with van der Waals surface area (Å²) in [6.45, 7) is 5.90. The van der Waals surface area contributed by atoms with E-state index in [0.717, 1.165) is 17.1 Å². The molecule has 1 atom stereocenters. The minimum Gasteiger partial charge on any atom is -0.496 e. The maximum atomic E-state index is 5.91. The van der Waals surface area contributed by atoms with Crippen molar-refractivity contribution in [2.45, 2.75) is 32.9 Å². The summed E-state index contributed by atoms with van der Waals surface area (Å²) in [5.41, 5.74) is 6.83. The van der Waals surface area contributed by atoms with Gasteiger partial charge in [0.15, 0.2) is 0 Å². The van der Waals surface area contributed by atoms with Crippen LogP contribution in [0.3, 0.4) is 0 Å². The Bertz CT molecular complexity index is 321. The average Bonchev–Trinajstić information content (AvgIpc) is 2.15. The largest absolute Gasteiger partial charge is 0.496 e. The first-order chi connectivity index (χ1) is 7.06. The number of rotatable bonds is 4. The minimum absolute atomic E-state index is 0.102. The van der Waals surface area contributed by atoms with Gasteiger partial charge in [0.25, 0.3) is 0 Å². The Morgan fingerprint density at radius 3 is 2.20 bits per heavy atom. The van der Waals surface area contributed by atoms with Gasteiger partial charge in [-0.2, -0.15) is 0 Å². The van der Waals surface area contributed by atoms with Crippen molar-refractivity contribution < 1.29 is 9.47 Å². The van der Waals surface area contributed by atoms with E-state index in [1.165, 1.54) is 0 Å². The third kappa shape index (κ3) is 2.86. The quantitative estimate of drug-likeness (QED) is 0.828. The molecule has 0 heterocycles. The summed E-state index contributed by atoms with van der Waals surface area (Å²) >= 11 is 0. The highest BCUT2D eigenvalue weighted by Gasteiger charge is 2.14. The van der Waals surface area contributed by atoms with Crippen LogP contribution in [0.2, 0.25) is 0 Å². The van der Waals surface area contributed by atoms with Crippen LogP contribution in [-0.2, 0) is 0 Å². The summed E-state index contributed by atoms with van der Waals surface area (Å²) in [5, 5.41) is 0. The van der Waals surface area contributed by atoms with Crippen molar-refractivity contribution >= 4 is 0 Å². The molecule has 0 fully saturated rings. The Hall–Kier alpha value is -1.22. The summed E-state index contributed by atoms with van der Waals surface area (Å²) in [6, 6.07) is 5.62. The van der Waals surface area contributed by atoms with Gasteiger partial charge >= 0.3 is 0 Å². The summed E-state index contributed by atoms with van der Waals surface area (Å²) < 4.78 is 11.0. The van der Waals surface area contributed by atoms with Gasteiger partial charge in [0.05, 0.1) is 18.8 Å². The summed E-state index contributed by atoms with van der Waals surface area (Å²) in [5.74, 6) is 1.59. The first-order valence-electron chi connectivity index (χ1n) is 5.15. The molecule has 84 valence electrons. The molecule has 0 radical (unpaired) electrons. The summed E-state index contributed by atoms with van der Waals surface area (Å²) in [7, 11) is 1.64. The Kier molecular flexibility index (Phi) is 3.97. The highest BCUT2D eigenvalue weighted by Crippen LogP contribution is 2.33. The lowest BCUT2D eigenvalue weighted by Crippen LogP contribution is -2.13. The molecule has 2 N–H and O–H groups in total. The van der Waals surface area contributed by atoms with Gasteiger partial charge in [-0.25, -0.2) is 0 Å². The van der Waals surface area contributed by atoms with E-state index in [4.69, 9.17) is 15.2 Å². The molecular weight excluding hydrogens is 190 g/mol. The molecule has 0 aliphatic heterocycles. The SMILES string of the molecule is COc1cccc(OC(C)C)c1[C@@H](C)N. The van der Waals surface area contributed by atoms with E-state index >= 15 is 0 Å². The van der Waals surface area contributed by atoms with E-state index in [0.29, 0.717) is 0 Å². The van der Waals surface area contributed by atoms with Crippen molar-refractivity contribution in [1.82, 2.24) is 0 Å². The average molecular weight is 209 g/mol. The molecule has 0 bridgehead atoms. The standard InChI is InChI=1S/C12H19NO2/c1-8(2)15-11-7-5-6-10(14-4)12(11)9(3)13/h5-9H,13H2,1-4H3/t9-/m1/s1. The number of benzene rings is 1. The van der Waals surface area contributed by atoms with Crippen LogP contribution in [0.25, 0.3) is 0 Å². The van der Waals surface area contributed by atoms with Crippen molar-refractivity contribution in [2.24, 2.45) is 5.73 Å². The van der Waals surface area contributed by atoms with Gasteiger partial charge in [-0.1, -0.05) is 6.07 Å². The maximum absolute atomic E-state index is 5.91. The molecule has 0 saturated carbocycles. The van der Waals surface area contributed by atoms with Crippen LogP contribution >= 0.6 is 0 Å². The van der Waals surface area contributed by atoms with Crippen LogP contribution in [-0.4, -0.2) is 13.2 Å². The highest BCUT2D eigenvalue weighted by atomic mass is 16.5. The fraction of sp³-hybridized carbons (Fsp3) is 0.500. The Morgan fingerprint density at radius 1 is 1.13 bits per heavy atom. The molecule has 1 rings (SSSR count). The number of hydrogen-bond acceptors (Lipinski definition) is 3. The summed E-state index contributed by atoms with van der Waals surface area (Å²) in [4.78, 5) is 0. The van der Waals surface area contributed by atoms with Gasteiger partial charge < -0.3 is 15.2 Å². The van der Waals surface area contributed by atoms with Crippen LogP contribution in [0.1, 0.15) is 32.4 Å². The number of methoxy groups -OCH3 is 1. The zero-order valence-corrected chi connectivity index (χ0v) is 9.78. The molecule has 1 aromatic rings. The molecule has 0 unspecified atom stereocenters. The van der Waals surface area contributed by atoms with Crippen molar-refractivity contribution in [2.75, 3.05) is 7.11 Å². The molecule has 0 aliphatic carbocycles. The second kappa shape index (κ2) is 5.03. The molecule has 3 nitrogen and oxygen atoms in total. The van der Waals surface area contributed by atoms with Gasteiger partial charge in [-0.3, -0.25) is 0 Å². The third-order valence-corrected chi connectivity index (χ3v) is 2.06. The third-order valence-electron chi connectivity index (χ3n) is 2.06. The van der Waals surface area contributed by atoms with E-state index in [9.17, 15) is 0 Å². The lowest BCUT2D eigenvalue weighted by Gasteiger charge is -2.18. The summed E-state index contributed by atoms with van der Waals surface area (Å²) in [6.07, 6.45) is 0.134. The van der Waals surface area contributed by atoms with Crippen molar-refractivity contribution in [3.05, 3.63) is 23.8 Å². The van der Waals surface area contributed by atoms with Crippen molar-refractivity contribution in [3.8, 4) is 11.5 Å². The Balaban J connectivity index is 3.13. The van der Waals surface area contributed by atoms with E-state index in [1.54, 1.807) is 7.11 Å². The highest BCUT2D eigenvalue weighted by molar-refractivity contribution is 5.46. The van der Waals surface area contributed by atoms with Crippen LogP contribution in [0, 0.1) is 0 Å². The fourth-order valence-electron chi connectivity index (χ4n) is 1.51. The van der Waals surface area contributed by atoms with Crippen LogP contribution in [0.15, 0.2) is 18.2 Å². The van der Waals surface area contributed by atoms with E-state index in [1.807, 2.05) is 39.0 Å². The van der Waals surface area contributed by atoms with Gasteiger partial charge in [0.2, 0.25) is 0 Å². The normalized spacial score (nSPS) is 12.7. The van der Waals surface area contributed by atoms with Gasteiger partial charge in [-0.15, -0.1) is 0 Å². The van der Waals surface area contributed by atoms with E-state index < -0.39 is 0 Å². The van der Waals surface area contributed by atoms with Gasteiger partial charge in [0.1, 0.15) is 11.5 Å². The molecular formula is C12H19NO2. The van der Waals surface area contributed by atoms with E-state index in [-0.39, 0.29) is 12.1 Å². The van der Waals surface area contributed by atoms with Gasteiger partial charge in [-0.05, 0) is 32.9 Å². The van der Waals surface area contributed by atoms with Crippen molar-refractivity contribution in [3.63, 3.8) is 0 Å². The Labute approximate surface area is 91.2 Å². The predicted octanol–water partition coefficient (Wildman–Crippen LogP) is 2.50. The molecule has 15 heavy (non-hydrogen) atoms. The number of nitrogens with two attached hydrogens (primary N) is 1. The maximum Gasteiger partial charge on any atom is 0.128 e. The molecule has 0 saturated heterocycles. The first kappa shape index (κ1) is 11.9. The fourth-order valence-corrected chi connectivity index (χ4v) is 1.51. The zero-order chi connectivity index (χ0) is 11.4. The topological polar surface area (TPSA) is 44.5 Å². The molecule has 1 aromatic carbocycles. The number of hydrogen-bond donors (Lipinski definition) is 1. The molecule has 0 aliphatic rings. The monoisotopic (exact) mass is 209 g/mol. The van der Waals surface area contributed by atoms with E-state index in [2.05, 4.69) is 0 Å². The molecule has 0 amide bonds. The Morgan fingerprint density at radius 2 is 1.73 bits per heavy atom. The smallest absolute Gasteiger partial charge is 0.128 e. The molecule has 0 aromatic heterocycles. The zero-order valence-electron chi connectivity index (χ0n) is 9.78. The lowest BCUT2D eigenvalue weighted by molar-refractivity contribution is 0.237.